The second-order valence-corrected chi connectivity index (χ2v) is 8.99. The van der Waals surface area contributed by atoms with E-state index in [1.165, 1.54) is 7.11 Å². The van der Waals surface area contributed by atoms with E-state index >= 15 is 0 Å². The standard InChI is InChI=1S/C30H25N3O4/c1-35-22-12-8-20(9-13-22)29(34)28-27(21-10-14-24(36-2)25(16-21)37-3)30(17-31,18-32)26-15-11-19-6-4-5-7-23(19)33(26)28/h4-16,26-28H,1-3H3/t26-,27+,28+/m1/s1. The van der Waals surface area contributed by atoms with Crippen LogP contribution in [0.3, 0.4) is 0 Å². The minimum atomic E-state index is -1.55. The number of anilines is 1. The van der Waals surface area contributed by atoms with Gasteiger partial charge in [0.15, 0.2) is 22.7 Å². The van der Waals surface area contributed by atoms with Crippen molar-refractivity contribution in [1.29, 1.82) is 10.5 Å². The minimum absolute atomic E-state index is 0.190. The maximum atomic E-state index is 14.3. The Balaban J connectivity index is 1.76. The molecule has 0 unspecified atom stereocenters. The van der Waals surface area contributed by atoms with Crippen molar-refractivity contribution < 1.29 is 19.0 Å². The number of nitriles is 2. The lowest BCUT2D eigenvalue weighted by Gasteiger charge is -2.35. The number of methoxy groups -OCH3 is 3. The number of fused-ring (bicyclic) bond motifs is 3. The molecule has 0 spiro atoms. The third-order valence-corrected chi connectivity index (χ3v) is 7.33. The number of rotatable bonds is 6. The molecular formula is C30H25N3O4. The lowest BCUT2D eigenvalue weighted by molar-refractivity contribution is 0.0951. The van der Waals surface area contributed by atoms with Gasteiger partial charge >= 0.3 is 0 Å². The summed E-state index contributed by atoms with van der Waals surface area (Å²) < 4.78 is 16.2. The molecule has 1 fully saturated rings. The summed E-state index contributed by atoms with van der Waals surface area (Å²) in [4.78, 5) is 16.3. The Morgan fingerprint density at radius 3 is 2.24 bits per heavy atom. The maximum Gasteiger partial charge on any atom is 0.185 e. The lowest BCUT2D eigenvalue weighted by atomic mass is 9.69. The van der Waals surface area contributed by atoms with Gasteiger partial charge in [0.05, 0.1) is 39.5 Å². The Morgan fingerprint density at radius 2 is 1.59 bits per heavy atom. The van der Waals surface area contributed by atoms with E-state index in [-0.39, 0.29) is 5.78 Å². The molecule has 7 nitrogen and oxygen atoms in total. The van der Waals surface area contributed by atoms with E-state index in [1.807, 2.05) is 41.3 Å². The molecule has 7 heteroatoms. The highest BCUT2D eigenvalue weighted by Crippen LogP contribution is 2.56. The second-order valence-electron chi connectivity index (χ2n) is 8.99. The molecule has 0 amide bonds. The zero-order chi connectivity index (χ0) is 26.2. The van der Waals surface area contributed by atoms with Crippen molar-refractivity contribution in [2.45, 2.75) is 18.0 Å². The molecule has 0 N–H and O–H groups in total. The van der Waals surface area contributed by atoms with Gasteiger partial charge in [0.25, 0.3) is 0 Å². The van der Waals surface area contributed by atoms with Crippen LogP contribution in [0.15, 0.2) is 72.8 Å². The first-order chi connectivity index (χ1) is 18.0. The van der Waals surface area contributed by atoms with Crippen LogP contribution in [-0.4, -0.2) is 39.2 Å². The van der Waals surface area contributed by atoms with Crippen LogP contribution in [0.1, 0.15) is 27.4 Å². The number of hydrogen-bond acceptors (Lipinski definition) is 7. The lowest BCUT2D eigenvalue weighted by Crippen LogP contribution is -2.44. The summed E-state index contributed by atoms with van der Waals surface area (Å²) in [5, 5.41) is 21.2. The number of hydrogen-bond donors (Lipinski definition) is 0. The Bertz CT molecular complexity index is 1450. The molecular weight excluding hydrogens is 466 g/mol. The Hall–Kier alpha value is -4.75. The fourth-order valence-electron chi connectivity index (χ4n) is 5.58. The van der Waals surface area contributed by atoms with Gasteiger partial charge in [0.1, 0.15) is 11.8 Å². The quantitative estimate of drug-likeness (QED) is 0.448. The Labute approximate surface area is 215 Å². The molecule has 0 aromatic heterocycles. The SMILES string of the molecule is COc1ccc(C(=O)[C@@H]2[C@H](c3ccc(OC)c(OC)c3)C(C#N)(C#N)[C@H]3C=Cc4ccccc4N23)cc1. The first kappa shape index (κ1) is 24.0. The largest absolute Gasteiger partial charge is 0.497 e. The van der Waals surface area contributed by atoms with Crippen LogP contribution in [0.4, 0.5) is 5.69 Å². The van der Waals surface area contributed by atoms with E-state index in [1.54, 1.807) is 56.7 Å². The fourth-order valence-corrected chi connectivity index (χ4v) is 5.58. The van der Waals surface area contributed by atoms with Crippen molar-refractivity contribution >= 4 is 17.5 Å². The topological polar surface area (TPSA) is 95.6 Å². The molecule has 2 aliphatic heterocycles. The molecule has 0 aliphatic carbocycles. The van der Waals surface area contributed by atoms with Crippen molar-refractivity contribution in [1.82, 2.24) is 0 Å². The van der Waals surface area contributed by atoms with Crippen molar-refractivity contribution in [3.63, 3.8) is 0 Å². The molecule has 184 valence electrons. The van der Waals surface area contributed by atoms with Crippen LogP contribution in [0, 0.1) is 28.1 Å². The molecule has 0 bridgehead atoms. The number of ether oxygens (including phenoxy) is 3. The van der Waals surface area contributed by atoms with Crippen molar-refractivity contribution in [3.05, 3.63) is 89.5 Å². The molecule has 37 heavy (non-hydrogen) atoms. The monoisotopic (exact) mass is 491 g/mol. The number of carbonyl (C=O) groups excluding carboxylic acids is 1. The van der Waals surface area contributed by atoms with Crippen LogP contribution < -0.4 is 19.1 Å². The third-order valence-electron chi connectivity index (χ3n) is 7.33. The van der Waals surface area contributed by atoms with Gasteiger partial charge in [-0.05, 0) is 53.6 Å². The van der Waals surface area contributed by atoms with Gasteiger partial charge in [-0.3, -0.25) is 4.79 Å². The molecule has 2 heterocycles. The summed E-state index contributed by atoms with van der Waals surface area (Å²) in [5.74, 6) is 0.639. The van der Waals surface area contributed by atoms with E-state index in [9.17, 15) is 15.3 Å². The zero-order valence-electron chi connectivity index (χ0n) is 20.7. The zero-order valence-corrected chi connectivity index (χ0v) is 20.7. The highest BCUT2D eigenvalue weighted by Gasteiger charge is 2.63. The summed E-state index contributed by atoms with van der Waals surface area (Å²) in [6, 6.07) is 23.1. The van der Waals surface area contributed by atoms with Crippen molar-refractivity contribution in [3.8, 4) is 29.4 Å². The third kappa shape index (κ3) is 3.59. The Morgan fingerprint density at radius 1 is 0.892 bits per heavy atom. The van der Waals surface area contributed by atoms with Crippen LogP contribution in [-0.2, 0) is 0 Å². The molecule has 1 saturated heterocycles. The van der Waals surface area contributed by atoms with E-state index in [4.69, 9.17) is 14.2 Å². The molecule has 3 aromatic carbocycles. The van der Waals surface area contributed by atoms with E-state index in [0.717, 1.165) is 11.3 Å². The van der Waals surface area contributed by atoms with E-state index < -0.39 is 23.4 Å². The molecule has 3 atom stereocenters. The van der Waals surface area contributed by atoms with Crippen molar-refractivity contribution in [2.24, 2.45) is 5.41 Å². The first-order valence-electron chi connectivity index (χ1n) is 11.8. The van der Waals surface area contributed by atoms with E-state index in [2.05, 4.69) is 12.1 Å². The highest BCUT2D eigenvalue weighted by molar-refractivity contribution is 6.04. The van der Waals surface area contributed by atoms with Gasteiger partial charge in [0, 0.05) is 17.2 Å². The van der Waals surface area contributed by atoms with Crippen molar-refractivity contribution in [2.75, 3.05) is 26.2 Å². The van der Waals surface area contributed by atoms with Gasteiger partial charge in [-0.1, -0.05) is 36.4 Å². The van der Waals surface area contributed by atoms with Gasteiger partial charge in [-0.15, -0.1) is 0 Å². The van der Waals surface area contributed by atoms with Crippen LogP contribution in [0.2, 0.25) is 0 Å². The van der Waals surface area contributed by atoms with E-state index in [0.29, 0.717) is 28.4 Å². The molecule has 2 aliphatic rings. The van der Waals surface area contributed by atoms with Gasteiger partial charge in [-0.25, -0.2) is 0 Å². The summed E-state index contributed by atoms with van der Waals surface area (Å²) in [6.07, 6.45) is 3.79. The summed E-state index contributed by atoms with van der Waals surface area (Å²) in [6.45, 7) is 0. The second kappa shape index (κ2) is 9.37. The number of nitrogens with zero attached hydrogens (tertiary/aromatic N) is 3. The molecule has 5 rings (SSSR count). The summed E-state index contributed by atoms with van der Waals surface area (Å²) >= 11 is 0. The average molecular weight is 492 g/mol. The van der Waals surface area contributed by atoms with Gasteiger partial charge < -0.3 is 19.1 Å². The first-order valence-corrected chi connectivity index (χ1v) is 11.8. The maximum absolute atomic E-state index is 14.3. The predicted octanol–water partition coefficient (Wildman–Crippen LogP) is 5.00. The molecule has 0 saturated carbocycles. The predicted molar refractivity (Wildman–Crippen MR) is 139 cm³/mol. The summed E-state index contributed by atoms with van der Waals surface area (Å²) in [7, 11) is 4.64. The number of para-hydroxylation sites is 1. The van der Waals surface area contributed by atoms with Gasteiger partial charge in [0.2, 0.25) is 0 Å². The normalized spacial score (nSPS) is 20.7. The molecule has 0 radical (unpaired) electrons. The van der Waals surface area contributed by atoms with Crippen LogP contribution in [0.25, 0.3) is 6.08 Å². The fraction of sp³-hybridized carbons (Fsp3) is 0.233. The Kier molecular flexibility index (Phi) is 6.07. The summed E-state index contributed by atoms with van der Waals surface area (Å²) in [5.41, 5.74) is 1.29. The highest BCUT2D eigenvalue weighted by atomic mass is 16.5. The minimum Gasteiger partial charge on any atom is -0.497 e. The van der Waals surface area contributed by atoms with Crippen LogP contribution in [0.5, 0.6) is 17.2 Å². The average Bonchev–Trinajstić information content (AvgIpc) is 3.27. The van der Waals surface area contributed by atoms with Crippen LogP contribution >= 0.6 is 0 Å². The number of benzene rings is 3. The smallest absolute Gasteiger partial charge is 0.185 e. The molecule has 3 aromatic rings. The number of carbonyl (C=O) groups is 1. The number of ketones is 1. The van der Waals surface area contributed by atoms with Gasteiger partial charge in [-0.2, -0.15) is 10.5 Å². The number of Topliss-reactive ketones (excluding diaryl/α,β-unsaturated/α-hetero) is 1.